The van der Waals surface area contributed by atoms with Gasteiger partial charge in [-0.1, -0.05) is 12.1 Å². The Morgan fingerprint density at radius 1 is 1.41 bits per heavy atom. The summed E-state index contributed by atoms with van der Waals surface area (Å²) >= 11 is 0. The van der Waals surface area contributed by atoms with Crippen molar-refractivity contribution in [2.24, 2.45) is 0 Å². The van der Waals surface area contributed by atoms with E-state index in [-0.39, 0.29) is 5.78 Å². The highest BCUT2D eigenvalue weighted by molar-refractivity contribution is 5.94. The van der Waals surface area contributed by atoms with E-state index in [1.807, 2.05) is 6.07 Å². The Morgan fingerprint density at radius 2 is 2.18 bits per heavy atom. The van der Waals surface area contributed by atoms with E-state index in [9.17, 15) is 9.59 Å². The summed E-state index contributed by atoms with van der Waals surface area (Å²) in [4.78, 5) is 22.0. The van der Waals surface area contributed by atoms with Crippen molar-refractivity contribution in [2.75, 3.05) is 0 Å². The molecule has 0 bridgehead atoms. The summed E-state index contributed by atoms with van der Waals surface area (Å²) in [6.45, 7) is 3.29. The Labute approximate surface area is 98.9 Å². The van der Waals surface area contributed by atoms with Crippen molar-refractivity contribution in [2.45, 2.75) is 13.8 Å². The number of carbonyl (C=O) groups is 2. The molecule has 0 aliphatic heterocycles. The zero-order chi connectivity index (χ0) is 12.4. The minimum absolute atomic E-state index is 0.00587. The summed E-state index contributed by atoms with van der Waals surface area (Å²) in [7, 11) is 0. The van der Waals surface area contributed by atoms with Crippen LogP contribution in [0.15, 0.2) is 30.5 Å². The number of carbonyl (C=O) groups excluding carboxylic acids is 2. The van der Waals surface area contributed by atoms with Gasteiger partial charge in [0, 0.05) is 11.8 Å². The van der Waals surface area contributed by atoms with Gasteiger partial charge in [0.15, 0.2) is 12.1 Å². The number of Topliss-reactive ketones (excluding diaryl/α,β-unsaturated/α-hetero) is 1. The number of nitrogens with zero attached hydrogens (tertiary/aromatic N) is 2. The molecular weight excluding hydrogens is 216 g/mol. The Bertz CT molecular complexity index is 585. The minimum Gasteiger partial charge on any atom is -0.298 e. The van der Waals surface area contributed by atoms with E-state index in [2.05, 4.69) is 5.10 Å². The quantitative estimate of drug-likeness (QED) is 0.597. The van der Waals surface area contributed by atoms with E-state index >= 15 is 0 Å². The van der Waals surface area contributed by atoms with E-state index in [1.165, 1.54) is 6.92 Å². The highest BCUT2D eigenvalue weighted by atomic mass is 16.1. The van der Waals surface area contributed by atoms with Crippen LogP contribution in [0.4, 0.5) is 0 Å². The fraction of sp³-hybridized carbons (Fsp3) is 0.154. The fourth-order valence-corrected chi connectivity index (χ4v) is 1.59. The Kier molecular flexibility index (Phi) is 2.87. The van der Waals surface area contributed by atoms with Crippen molar-refractivity contribution in [3.05, 3.63) is 47.3 Å². The summed E-state index contributed by atoms with van der Waals surface area (Å²) < 4.78 is 1.60. The van der Waals surface area contributed by atoms with Gasteiger partial charge in [0.2, 0.25) is 0 Å². The summed E-state index contributed by atoms with van der Waals surface area (Å²) in [5, 5.41) is 4.23. The molecule has 1 aromatic heterocycles. The zero-order valence-corrected chi connectivity index (χ0v) is 9.68. The fourth-order valence-electron chi connectivity index (χ4n) is 1.59. The Morgan fingerprint density at radius 3 is 2.76 bits per heavy atom. The van der Waals surface area contributed by atoms with Crippen LogP contribution in [0.1, 0.15) is 33.3 Å². The molecule has 86 valence electrons. The lowest BCUT2D eigenvalue weighted by Crippen LogP contribution is -1.98. The third kappa shape index (κ3) is 2.15. The van der Waals surface area contributed by atoms with Gasteiger partial charge in [-0.15, -0.1) is 0 Å². The third-order valence-electron chi connectivity index (χ3n) is 2.58. The number of hydrogen-bond acceptors (Lipinski definition) is 3. The van der Waals surface area contributed by atoms with E-state index in [1.54, 1.807) is 36.0 Å². The van der Waals surface area contributed by atoms with E-state index in [4.69, 9.17) is 0 Å². The molecule has 2 rings (SSSR count). The lowest BCUT2D eigenvalue weighted by Gasteiger charge is -2.02. The normalized spacial score (nSPS) is 10.2. The predicted molar refractivity (Wildman–Crippen MR) is 63.7 cm³/mol. The average molecular weight is 228 g/mol. The standard InChI is InChI=1S/C13H12N2O2/c1-9-12(8-16)7-15(14-9)13-5-3-4-11(6-13)10(2)17/h3-8H,1-2H3. The van der Waals surface area contributed by atoms with Gasteiger partial charge in [-0.3, -0.25) is 9.59 Å². The van der Waals surface area contributed by atoms with Crippen LogP contribution >= 0.6 is 0 Å². The van der Waals surface area contributed by atoms with Gasteiger partial charge in [0.05, 0.1) is 16.9 Å². The second-order valence-corrected chi connectivity index (χ2v) is 3.84. The van der Waals surface area contributed by atoms with Crippen molar-refractivity contribution in [1.82, 2.24) is 9.78 Å². The van der Waals surface area contributed by atoms with Gasteiger partial charge in [-0.05, 0) is 26.0 Å². The van der Waals surface area contributed by atoms with Crippen LogP contribution in [-0.4, -0.2) is 21.8 Å². The van der Waals surface area contributed by atoms with E-state index in [0.717, 1.165) is 12.0 Å². The molecule has 4 heteroatoms. The van der Waals surface area contributed by atoms with E-state index < -0.39 is 0 Å². The van der Waals surface area contributed by atoms with Gasteiger partial charge in [0.1, 0.15) is 0 Å². The number of aromatic nitrogens is 2. The van der Waals surface area contributed by atoms with Crippen LogP contribution in [0, 0.1) is 6.92 Å². The summed E-state index contributed by atoms with van der Waals surface area (Å²) in [5.74, 6) is 0.00587. The van der Waals surface area contributed by atoms with Crippen molar-refractivity contribution in [1.29, 1.82) is 0 Å². The minimum atomic E-state index is 0.00587. The molecule has 0 fully saturated rings. The largest absolute Gasteiger partial charge is 0.298 e. The van der Waals surface area contributed by atoms with E-state index in [0.29, 0.717) is 16.8 Å². The number of benzene rings is 1. The number of aldehydes is 1. The highest BCUT2D eigenvalue weighted by Gasteiger charge is 2.06. The molecule has 0 radical (unpaired) electrons. The maximum atomic E-state index is 11.3. The average Bonchev–Trinajstić information content (AvgIpc) is 2.71. The summed E-state index contributed by atoms with van der Waals surface area (Å²) in [5.41, 5.74) is 2.63. The van der Waals surface area contributed by atoms with Crippen LogP contribution in [0.2, 0.25) is 0 Å². The van der Waals surface area contributed by atoms with Gasteiger partial charge in [-0.25, -0.2) is 4.68 Å². The van der Waals surface area contributed by atoms with Crippen LogP contribution < -0.4 is 0 Å². The molecule has 4 nitrogen and oxygen atoms in total. The molecule has 17 heavy (non-hydrogen) atoms. The first-order chi connectivity index (χ1) is 8.11. The summed E-state index contributed by atoms with van der Waals surface area (Å²) in [6.07, 6.45) is 2.43. The van der Waals surface area contributed by atoms with Gasteiger partial charge in [0.25, 0.3) is 0 Å². The first kappa shape index (κ1) is 11.3. The molecular formula is C13H12N2O2. The van der Waals surface area contributed by atoms with Crippen molar-refractivity contribution in [3.8, 4) is 5.69 Å². The molecule has 0 N–H and O–H groups in total. The predicted octanol–water partition coefficient (Wildman–Crippen LogP) is 2.20. The number of rotatable bonds is 3. The van der Waals surface area contributed by atoms with Crippen molar-refractivity contribution >= 4 is 12.1 Å². The van der Waals surface area contributed by atoms with Gasteiger partial charge in [-0.2, -0.15) is 5.10 Å². The first-order valence-corrected chi connectivity index (χ1v) is 5.24. The Hall–Kier alpha value is -2.23. The van der Waals surface area contributed by atoms with Gasteiger partial charge >= 0.3 is 0 Å². The van der Waals surface area contributed by atoms with Crippen molar-refractivity contribution < 1.29 is 9.59 Å². The molecule has 0 saturated heterocycles. The molecule has 2 aromatic rings. The monoisotopic (exact) mass is 228 g/mol. The van der Waals surface area contributed by atoms with Crippen LogP contribution in [0.5, 0.6) is 0 Å². The maximum Gasteiger partial charge on any atom is 0.159 e. The topological polar surface area (TPSA) is 52.0 Å². The van der Waals surface area contributed by atoms with Crippen LogP contribution in [-0.2, 0) is 0 Å². The number of aryl methyl sites for hydroxylation is 1. The van der Waals surface area contributed by atoms with Crippen LogP contribution in [0.25, 0.3) is 5.69 Å². The van der Waals surface area contributed by atoms with Crippen LogP contribution in [0.3, 0.4) is 0 Å². The molecule has 0 amide bonds. The first-order valence-electron chi connectivity index (χ1n) is 5.24. The molecule has 0 spiro atoms. The van der Waals surface area contributed by atoms with Gasteiger partial charge < -0.3 is 0 Å². The molecule has 0 saturated carbocycles. The molecule has 1 heterocycles. The molecule has 0 atom stereocenters. The lowest BCUT2D eigenvalue weighted by atomic mass is 10.1. The molecule has 0 unspecified atom stereocenters. The second-order valence-electron chi connectivity index (χ2n) is 3.84. The molecule has 1 aromatic carbocycles. The summed E-state index contributed by atoms with van der Waals surface area (Å²) in [6, 6.07) is 7.14. The lowest BCUT2D eigenvalue weighted by molar-refractivity contribution is 0.101. The van der Waals surface area contributed by atoms with Crippen molar-refractivity contribution in [3.63, 3.8) is 0 Å². The molecule has 0 aliphatic carbocycles. The Balaban J connectivity index is 2.48. The zero-order valence-electron chi connectivity index (χ0n) is 9.68. The SMILES string of the molecule is CC(=O)c1cccc(-n2cc(C=O)c(C)n2)c1. The maximum absolute atomic E-state index is 11.3. The molecule has 0 aliphatic rings. The number of ketones is 1. The second kappa shape index (κ2) is 4.33. The number of hydrogen-bond donors (Lipinski definition) is 0. The highest BCUT2D eigenvalue weighted by Crippen LogP contribution is 2.13. The third-order valence-corrected chi connectivity index (χ3v) is 2.58. The smallest absolute Gasteiger partial charge is 0.159 e.